The number of hydrogen-bond donors (Lipinski definition) is 1. The second-order valence-electron chi connectivity index (χ2n) is 4.57. The van der Waals surface area contributed by atoms with Crippen molar-refractivity contribution in [2.24, 2.45) is 0 Å². The minimum atomic E-state index is 0.245. The van der Waals surface area contributed by atoms with E-state index in [4.69, 9.17) is 4.42 Å². The summed E-state index contributed by atoms with van der Waals surface area (Å²) in [6.07, 6.45) is 3.92. The first-order chi connectivity index (χ1) is 8.86. The van der Waals surface area contributed by atoms with E-state index in [-0.39, 0.29) is 6.61 Å². The third-order valence-corrected chi connectivity index (χ3v) is 4.26. The van der Waals surface area contributed by atoms with Crippen molar-refractivity contribution in [3.63, 3.8) is 0 Å². The summed E-state index contributed by atoms with van der Waals surface area (Å²) in [4.78, 5) is 6.89. The van der Waals surface area contributed by atoms with E-state index >= 15 is 0 Å². The zero-order valence-corrected chi connectivity index (χ0v) is 10.9. The van der Waals surface area contributed by atoms with Crippen LogP contribution in [0.5, 0.6) is 0 Å². The number of aliphatic hydroxyl groups is 1. The molecule has 4 nitrogen and oxygen atoms in total. The van der Waals surface area contributed by atoms with Crippen molar-refractivity contribution < 1.29 is 9.52 Å². The van der Waals surface area contributed by atoms with Gasteiger partial charge in [0.1, 0.15) is 0 Å². The number of thiazole rings is 1. The van der Waals surface area contributed by atoms with Crippen LogP contribution < -0.4 is 0 Å². The highest BCUT2D eigenvalue weighted by Gasteiger charge is 2.24. The minimum Gasteiger partial charge on any atom is -0.462 e. The maximum Gasteiger partial charge on any atom is 0.162 e. The molecule has 2 aromatic heterocycles. The molecule has 1 aliphatic rings. The smallest absolute Gasteiger partial charge is 0.162 e. The molecule has 1 N–H and O–H groups in total. The molecular weight excluding hydrogens is 248 g/mol. The quantitative estimate of drug-likeness (QED) is 0.921. The molecule has 0 unspecified atom stereocenters. The zero-order valence-electron chi connectivity index (χ0n) is 10.1. The molecule has 1 saturated heterocycles. The van der Waals surface area contributed by atoms with Crippen LogP contribution in [-0.2, 0) is 6.54 Å². The molecule has 0 aliphatic carbocycles. The monoisotopic (exact) mass is 264 g/mol. The highest BCUT2D eigenvalue weighted by Crippen LogP contribution is 2.26. The molecule has 0 amide bonds. The third-order valence-electron chi connectivity index (χ3n) is 3.36. The first kappa shape index (κ1) is 11.9. The Bertz CT molecular complexity index is 495. The Hall–Kier alpha value is -1.17. The summed E-state index contributed by atoms with van der Waals surface area (Å²) in [6.45, 7) is 2.12. The maximum absolute atomic E-state index is 9.30. The van der Waals surface area contributed by atoms with Crippen molar-refractivity contribution >= 4 is 11.3 Å². The van der Waals surface area contributed by atoms with E-state index in [9.17, 15) is 5.11 Å². The fraction of sp³-hybridized carbons (Fsp3) is 0.462. The van der Waals surface area contributed by atoms with E-state index in [0.29, 0.717) is 6.04 Å². The number of rotatable bonds is 4. The summed E-state index contributed by atoms with van der Waals surface area (Å²) in [7, 11) is 0. The molecule has 5 heteroatoms. The van der Waals surface area contributed by atoms with Gasteiger partial charge in [0, 0.05) is 18.0 Å². The first-order valence-corrected chi connectivity index (χ1v) is 7.08. The van der Waals surface area contributed by atoms with Crippen LogP contribution in [0, 0.1) is 0 Å². The maximum atomic E-state index is 9.30. The van der Waals surface area contributed by atoms with Gasteiger partial charge in [-0.05, 0) is 31.5 Å². The Morgan fingerprint density at radius 1 is 1.56 bits per heavy atom. The molecular formula is C13H16N2O2S. The molecule has 0 aromatic carbocycles. The highest BCUT2D eigenvalue weighted by atomic mass is 32.1. The number of likely N-dealkylation sites (tertiary alicyclic amines) is 1. The van der Waals surface area contributed by atoms with Gasteiger partial charge in [0.2, 0.25) is 0 Å². The van der Waals surface area contributed by atoms with Crippen molar-refractivity contribution in [2.45, 2.75) is 25.4 Å². The van der Waals surface area contributed by atoms with Crippen LogP contribution in [-0.4, -0.2) is 34.2 Å². The minimum absolute atomic E-state index is 0.245. The Morgan fingerprint density at radius 3 is 3.28 bits per heavy atom. The van der Waals surface area contributed by atoms with E-state index in [1.807, 2.05) is 12.1 Å². The average molecular weight is 264 g/mol. The lowest BCUT2D eigenvalue weighted by atomic mass is 10.2. The highest BCUT2D eigenvalue weighted by molar-refractivity contribution is 7.13. The molecule has 3 rings (SSSR count). The molecule has 1 fully saturated rings. The molecule has 0 radical (unpaired) electrons. The van der Waals surface area contributed by atoms with Crippen molar-refractivity contribution in [1.82, 2.24) is 9.88 Å². The van der Waals surface area contributed by atoms with Crippen LogP contribution in [0.25, 0.3) is 10.8 Å². The van der Waals surface area contributed by atoms with Crippen molar-refractivity contribution in [1.29, 1.82) is 0 Å². The molecule has 2 aromatic rings. The van der Waals surface area contributed by atoms with Gasteiger partial charge < -0.3 is 9.52 Å². The number of hydrogen-bond acceptors (Lipinski definition) is 5. The molecule has 0 bridgehead atoms. The molecule has 0 spiro atoms. The second kappa shape index (κ2) is 5.22. The fourth-order valence-electron chi connectivity index (χ4n) is 2.41. The average Bonchev–Trinajstić information content (AvgIpc) is 3.10. The van der Waals surface area contributed by atoms with E-state index in [2.05, 4.69) is 15.3 Å². The Balaban J connectivity index is 1.70. The molecule has 3 heterocycles. The fourth-order valence-corrected chi connectivity index (χ4v) is 3.19. The van der Waals surface area contributed by atoms with E-state index in [1.54, 1.807) is 17.6 Å². The van der Waals surface area contributed by atoms with E-state index in [0.717, 1.165) is 36.0 Å². The Labute approximate surface area is 110 Å². The molecule has 18 heavy (non-hydrogen) atoms. The summed E-state index contributed by atoms with van der Waals surface area (Å²) in [5, 5.41) is 12.3. The lowest BCUT2D eigenvalue weighted by Crippen LogP contribution is -2.31. The summed E-state index contributed by atoms with van der Waals surface area (Å²) in [6, 6.07) is 4.10. The largest absolute Gasteiger partial charge is 0.462 e. The molecule has 0 saturated carbocycles. The SMILES string of the molecule is OC[C@H]1CCCN1Cc1csc(-c2ccco2)n1. The first-order valence-electron chi connectivity index (χ1n) is 6.20. The molecule has 1 atom stereocenters. The van der Waals surface area contributed by atoms with Gasteiger partial charge in [-0.3, -0.25) is 4.90 Å². The second-order valence-corrected chi connectivity index (χ2v) is 5.43. The zero-order chi connectivity index (χ0) is 12.4. The van der Waals surface area contributed by atoms with Gasteiger partial charge in [-0.15, -0.1) is 11.3 Å². The van der Waals surface area contributed by atoms with Crippen LogP contribution in [0.2, 0.25) is 0 Å². The van der Waals surface area contributed by atoms with E-state index < -0.39 is 0 Å². The van der Waals surface area contributed by atoms with Gasteiger partial charge in [0.15, 0.2) is 10.8 Å². The number of aromatic nitrogens is 1. The third kappa shape index (κ3) is 2.34. The predicted octanol–water partition coefficient (Wildman–Crippen LogP) is 2.36. The molecule has 1 aliphatic heterocycles. The Morgan fingerprint density at radius 2 is 2.50 bits per heavy atom. The van der Waals surface area contributed by atoms with Crippen LogP contribution in [0.4, 0.5) is 0 Å². The van der Waals surface area contributed by atoms with Crippen molar-refractivity contribution in [3.05, 3.63) is 29.5 Å². The lowest BCUT2D eigenvalue weighted by molar-refractivity contribution is 0.152. The Kier molecular flexibility index (Phi) is 3.45. The lowest BCUT2D eigenvalue weighted by Gasteiger charge is -2.21. The summed E-state index contributed by atoms with van der Waals surface area (Å²) < 4.78 is 5.34. The van der Waals surface area contributed by atoms with Crippen LogP contribution in [0.1, 0.15) is 18.5 Å². The van der Waals surface area contributed by atoms with Crippen LogP contribution >= 0.6 is 11.3 Å². The van der Waals surface area contributed by atoms with Crippen molar-refractivity contribution in [3.8, 4) is 10.8 Å². The summed E-state index contributed by atoms with van der Waals surface area (Å²) >= 11 is 1.61. The van der Waals surface area contributed by atoms with Crippen molar-refractivity contribution in [2.75, 3.05) is 13.2 Å². The summed E-state index contributed by atoms with van der Waals surface area (Å²) in [5.74, 6) is 0.825. The normalized spacial score (nSPS) is 20.6. The topological polar surface area (TPSA) is 49.5 Å². The van der Waals surface area contributed by atoms with Gasteiger partial charge in [0.25, 0.3) is 0 Å². The van der Waals surface area contributed by atoms with Gasteiger partial charge in [-0.1, -0.05) is 0 Å². The number of furan rings is 1. The van der Waals surface area contributed by atoms with Gasteiger partial charge in [-0.25, -0.2) is 4.98 Å². The summed E-state index contributed by atoms with van der Waals surface area (Å²) in [5.41, 5.74) is 1.06. The van der Waals surface area contributed by atoms with E-state index in [1.165, 1.54) is 6.42 Å². The standard InChI is InChI=1S/C13H16N2O2S/c16-8-11-3-1-5-15(11)7-10-9-18-13(14-10)12-4-2-6-17-12/h2,4,6,9,11,16H,1,3,5,7-8H2/t11-/m1/s1. The number of nitrogens with zero attached hydrogens (tertiary/aromatic N) is 2. The molecule has 96 valence electrons. The van der Waals surface area contributed by atoms with Crippen LogP contribution in [0.3, 0.4) is 0 Å². The van der Waals surface area contributed by atoms with Gasteiger partial charge >= 0.3 is 0 Å². The van der Waals surface area contributed by atoms with Gasteiger partial charge in [0.05, 0.1) is 18.6 Å². The van der Waals surface area contributed by atoms with Crippen LogP contribution in [0.15, 0.2) is 28.2 Å². The van der Waals surface area contributed by atoms with Gasteiger partial charge in [-0.2, -0.15) is 0 Å². The predicted molar refractivity (Wildman–Crippen MR) is 70.3 cm³/mol. The number of aliphatic hydroxyl groups excluding tert-OH is 1.